The van der Waals surface area contributed by atoms with Crippen molar-refractivity contribution in [2.75, 3.05) is 0 Å². The Morgan fingerprint density at radius 2 is 1.29 bits per heavy atom. The third-order valence-corrected chi connectivity index (χ3v) is 3.09. The second kappa shape index (κ2) is 5.09. The fourth-order valence-corrected chi connectivity index (χ4v) is 2.08. The summed E-state index contributed by atoms with van der Waals surface area (Å²) in [6.45, 7) is 1.27. The lowest BCUT2D eigenvalue weighted by atomic mass is 9.95. The molecule has 0 aliphatic heterocycles. The lowest BCUT2D eigenvalue weighted by Gasteiger charge is -2.15. The molecule has 0 nitrogen and oxygen atoms in total. The summed E-state index contributed by atoms with van der Waals surface area (Å²) in [5.74, 6) is 0. The van der Waals surface area contributed by atoms with Crippen molar-refractivity contribution in [2.24, 2.45) is 0 Å². The molecule has 0 saturated carbocycles. The molecule has 0 unspecified atom stereocenters. The Bertz CT molecular complexity index is 652. The van der Waals surface area contributed by atoms with Gasteiger partial charge in [0.25, 0.3) is 0 Å². The summed E-state index contributed by atoms with van der Waals surface area (Å²) in [7, 11) is 0. The standard InChI is InChI=1S/C15H10F6/c1-9-6-7-10(8-13(9)15(19,20)21)11-4-2-3-5-12(11)14(16,17)18/h2-8H,1H3. The van der Waals surface area contributed by atoms with Crippen molar-refractivity contribution >= 4 is 0 Å². The van der Waals surface area contributed by atoms with Gasteiger partial charge in [-0.15, -0.1) is 0 Å². The fourth-order valence-electron chi connectivity index (χ4n) is 2.08. The van der Waals surface area contributed by atoms with E-state index in [0.717, 1.165) is 18.2 Å². The van der Waals surface area contributed by atoms with E-state index in [2.05, 4.69) is 0 Å². The Hall–Kier alpha value is -1.98. The Kier molecular flexibility index (Phi) is 3.74. The van der Waals surface area contributed by atoms with Crippen molar-refractivity contribution in [3.8, 4) is 11.1 Å². The summed E-state index contributed by atoms with van der Waals surface area (Å²) in [6.07, 6.45) is -9.23. The zero-order chi connectivity index (χ0) is 15.8. The van der Waals surface area contributed by atoms with E-state index in [1.54, 1.807) is 0 Å². The lowest BCUT2D eigenvalue weighted by molar-refractivity contribution is -0.138. The molecule has 0 radical (unpaired) electrons. The van der Waals surface area contributed by atoms with Gasteiger partial charge < -0.3 is 0 Å². The fraction of sp³-hybridized carbons (Fsp3) is 0.200. The molecule has 0 saturated heterocycles. The van der Waals surface area contributed by atoms with Gasteiger partial charge in [0.05, 0.1) is 11.1 Å². The Morgan fingerprint density at radius 1 is 0.714 bits per heavy atom. The first kappa shape index (κ1) is 15.4. The van der Waals surface area contributed by atoms with Crippen LogP contribution in [0.25, 0.3) is 11.1 Å². The van der Waals surface area contributed by atoms with Crippen molar-refractivity contribution in [1.82, 2.24) is 0 Å². The molecule has 0 fully saturated rings. The smallest absolute Gasteiger partial charge is 0.166 e. The molecule has 0 aromatic heterocycles. The van der Waals surface area contributed by atoms with Crippen molar-refractivity contribution < 1.29 is 26.3 Å². The third kappa shape index (κ3) is 3.20. The van der Waals surface area contributed by atoms with Gasteiger partial charge in [-0.2, -0.15) is 26.3 Å². The number of halogens is 6. The predicted molar refractivity (Wildman–Crippen MR) is 66.6 cm³/mol. The van der Waals surface area contributed by atoms with Crippen molar-refractivity contribution in [1.29, 1.82) is 0 Å². The van der Waals surface area contributed by atoms with Crippen molar-refractivity contribution in [3.05, 3.63) is 59.2 Å². The van der Waals surface area contributed by atoms with Crippen molar-refractivity contribution in [2.45, 2.75) is 19.3 Å². The monoisotopic (exact) mass is 304 g/mol. The molecule has 21 heavy (non-hydrogen) atoms. The van der Waals surface area contributed by atoms with Gasteiger partial charge in [0.15, 0.2) is 0 Å². The molecular formula is C15H10F6. The van der Waals surface area contributed by atoms with Crippen LogP contribution in [0.4, 0.5) is 26.3 Å². The Labute approximate surface area is 117 Å². The van der Waals surface area contributed by atoms with E-state index < -0.39 is 23.5 Å². The SMILES string of the molecule is Cc1ccc(-c2ccccc2C(F)(F)F)cc1C(F)(F)F. The first-order valence-electron chi connectivity index (χ1n) is 5.95. The summed E-state index contributed by atoms with van der Waals surface area (Å²) in [5.41, 5.74) is -2.30. The first-order chi connectivity index (χ1) is 9.60. The molecule has 0 atom stereocenters. The van der Waals surface area contributed by atoms with Gasteiger partial charge >= 0.3 is 12.4 Å². The van der Waals surface area contributed by atoms with E-state index in [4.69, 9.17) is 0 Å². The van der Waals surface area contributed by atoms with E-state index in [0.29, 0.717) is 0 Å². The second-order valence-corrected chi connectivity index (χ2v) is 4.57. The zero-order valence-corrected chi connectivity index (χ0v) is 10.8. The van der Waals surface area contributed by atoms with Crippen LogP contribution >= 0.6 is 0 Å². The maximum atomic E-state index is 12.9. The van der Waals surface area contributed by atoms with Crippen LogP contribution in [0.15, 0.2) is 42.5 Å². The average Bonchev–Trinajstić information content (AvgIpc) is 2.37. The topological polar surface area (TPSA) is 0 Å². The van der Waals surface area contributed by atoms with Crippen LogP contribution < -0.4 is 0 Å². The number of rotatable bonds is 1. The van der Waals surface area contributed by atoms with Gasteiger partial charge in [-0.1, -0.05) is 30.3 Å². The minimum absolute atomic E-state index is 0.0317. The van der Waals surface area contributed by atoms with Crippen LogP contribution in [-0.2, 0) is 12.4 Å². The molecule has 6 heteroatoms. The van der Waals surface area contributed by atoms with Gasteiger partial charge in [-0.3, -0.25) is 0 Å². The molecule has 2 aromatic rings. The van der Waals surface area contributed by atoms with Crippen LogP contribution in [0.1, 0.15) is 16.7 Å². The lowest BCUT2D eigenvalue weighted by Crippen LogP contribution is -2.09. The van der Waals surface area contributed by atoms with E-state index in [1.165, 1.54) is 31.2 Å². The van der Waals surface area contributed by atoms with Crippen LogP contribution in [-0.4, -0.2) is 0 Å². The predicted octanol–water partition coefficient (Wildman–Crippen LogP) is 5.70. The maximum absolute atomic E-state index is 12.9. The first-order valence-corrected chi connectivity index (χ1v) is 5.95. The number of hydrogen-bond acceptors (Lipinski definition) is 0. The Morgan fingerprint density at radius 3 is 1.86 bits per heavy atom. The van der Waals surface area contributed by atoms with Crippen LogP contribution in [0.3, 0.4) is 0 Å². The van der Waals surface area contributed by atoms with Gasteiger partial charge in [-0.05, 0) is 35.7 Å². The molecule has 0 N–H and O–H groups in total. The van der Waals surface area contributed by atoms with E-state index in [-0.39, 0.29) is 16.7 Å². The molecule has 0 aliphatic carbocycles. The molecule has 2 rings (SSSR count). The summed E-state index contributed by atoms with van der Waals surface area (Å²) in [4.78, 5) is 0. The minimum Gasteiger partial charge on any atom is -0.166 e. The molecule has 112 valence electrons. The van der Waals surface area contributed by atoms with Crippen molar-refractivity contribution in [3.63, 3.8) is 0 Å². The normalized spacial score (nSPS) is 12.5. The molecule has 0 aliphatic rings. The highest BCUT2D eigenvalue weighted by Crippen LogP contribution is 2.39. The quantitative estimate of drug-likeness (QED) is 0.593. The van der Waals surface area contributed by atoms with E-state index in [1.807, 2.05) is 0 Å². The van der Waals surface area contributed by atoms with E-state index >= 15 is 0 Å². The molecular weight excluding hydrogens is 294 g/mol. The molecule has 0 heterocycles. The van der Waals surface area contributed by atoms with Gasteiger partial charge in [0, 0.05) is 0 Å². The largest absolute Gasteiger partial charge is 0.417 e. The highest BCUT2D eigenvalue weighted by atomic mass is 19.4. The molecule has 0 spiro atoms. The average molecular weight is 304 g/mol. The maximum Gasteiger partial charge on any atom is 0.417 e. The highest BCUT2D eigenvalue weighted by molar-refractivity contribution is 5.69. The summed E-state index contributed by atoms with van der Waals surface area (Å²) in [5, 5.41) is 0. The van der Waals surface area contributed by atoms with Gasteiger partial charge in [0.1, 0.15) is 0 Å². The highest BCUT2D eigenvalue weighted by Gasteiger charge is 2.35. The number of benzene rings is 2. The van der Waals surface area contributed by atoms with Crippen LogP contribution in [0.5, 0.6) is 0 Å². The zero-order valence-electron chi connectivity index (χ0n) is 10.8. The summed E-state index contributed by atoms with van der Waals surface area (Å²) < 4.78 is 77.3. The number of aryl methyl sites for hydroxylation is 1. The van der Waals surface area contributed by atoms with Crippen LogP contribution in [0, 0.1) is 6.92 Å². The van der Waals surface area contributed by atoms with Gasteiger partial charge in [-0.25, -0.2) is 0 Å². The Balaban J connectivity index is 2.64. The summed E-state index contributed by atoms with van der Waals surface area (Å²) in [6, 6.07) is 7.75. The molecule has 0 amide bonds. The molecule has 0 bridgehead atoms. The van der Waals surface area contributed by atoms with Crippen LogP contribution in [0.2, 0.25) is 0 Å². The molecule has 2 aromatic carbocycles. The number of alkyl halides is 6. The minimum atomic E-state index is -4.63. The second-order valence-electron chi connectivity index (χ2n) is 4.57. The summed E-state index contributed by atoms with van der Waals surface area (Å²) >= 11 is 0. The number of hydrogen-bond donors (Lipinski definition) is 0. The van der Waals surface area contributed by atoms with Gasteiger partial charge in [0.2, 0.25) is 0 Å². The van der Waals surface area contributed by atoms with E-state index in [9.17, 15) is 26.3 Å². The third-order valence-electron chi connectivity index (χ3n) is 3.09.